The molecule has 8 rings (SSSR count). The Labute approximate surface area is 246 Å². The van der Waals surface area contributed by atoms with Crippen molar-refractivity contribution in [1.82, 2.24) is 0 Å². The number of hydrogen-bond donors (Lipinski definition) is 0. The second kappa shape index (κ2) is 7.51. The predicted octanol–water partition coefficient (Wildman–Crippen LogP) is 10.5. The second-order valence-electron chi connectivity index (χ2n) is 9.36. The molecule has 0 aliphatic carbocycles. The maximum atomic E-state index is 13.9. The van der Waals surface area contributed by atoms with Gasteiger partial charge in [-0.2, -0.15) is 0 Å². The first-order valence-electron chi connectivity index (χ1n) is 11.3. The number of rotatable bonds is 0. The van der Waals surface area contributed by atoms with Crippen molar-refractivity contribution in [2.75, 3.05) is 0 Å². The Kier molecular flexibility index (Phi) is 4.64. The van der Waals surface area contributed by atoms with E-state index in [0.29, 0.717) is 31.0 Å². The molecule has 0 heterocycles. The molecular formula is C30H9Br4ClO2. The van der Waals surface area contributed by atoms with Crippen LogP contribution in [0.2, 0.25) is 5.02 Å². The zero-order valence-corrected chi connectivity index (χ0v) is 25.5. The molecule has 37 heavy (non-hydrogen) atoms. The van der Waals surface area contributed by atoms with E-state index in [2.05, 4.69) is 75.9 Å². The van der Waals surface area contributed by atoms with Gasteiger partial charge in [-0.15, -0.1) is 0 Å². The van der Waals surface area contributed by atoms with Crippen LogP contribution in [0.3, 0.4) is 0 Å². The first kappa shape index (κ1) is 22.9. The van der Waals surface area contributed by atoms with E-state index in [1.54, 1.807) is 0 Å². The molecule has 0 radical (unpaired) electrons. The summed E-state index contributed by atoms with van der Waals surface area (Å²) in [5, 5.41) is 12.6. The number of fused-ring (bicyclic) bond motifs is 4. The third-order valence-corrected chi connectivity index (χ3v) is 10.9. The molecule has 2 nitrogen and oxygen atoms in total. The summed E-state index contributed by atoms with van der Waals surface area (Å²) in [5.74, 6) is 0. The largest absolute Gasteiger partial charge is 0.289 e. The molecule has 0 amide bonds. The molecule has 8 aromatic carbocycles. The average Bonchev–Trinajstić information content (AvgIpc) is 2.88. The lowest BCUT2D eigenvalue weighted by Gasteiger charge is -2.20. The van der Waals surface area contributed by atoms with Crippen molar-refractivity contribution in [2.45, 2.75) is 0 Å². The molecule has 8 aromatic rings. The topological polar surface area (TPSA) is 34.1 Å². The van der Waals surface area contributed by atoms with E-state index >= 15 is 0 Å². The Bertz CT molecular complexity index is 2450. The van der Waals surface area contributed by atoms with Gasteiger partial charge in [0.15, 0.2) is 10.9 Å². The van der Waals surface area contributed by atoms with Gasteiger partial charge in [-0.1, -0.05) is 71.5 Å². The highest BCUT2D eigenvalue weighted by Gasteiger charge is 2.24. The Morgan fingerprint density at radius 3 is 1.51 bits per heavy atom. The highest BCUT2D eigenvalue weighted by atomic mass is 79.9. The van der Waals surface area contributed by atoms with Crippen molar-refractivity contribution in [3.8, 4) is 0 Å². The van der Waals surface area contributed by atoms with Crippen molar-refractivity contribution in [1.29, 1.82) is 0 Å². The average molecular weight is 756 g/mol. The van der Waals surface area contributed by atoms with E-state index in [0.717, 1.165) is 67.3 Å². The molecule has 0 fully saturated rings. The third kappa shape index (κ3) is 2.71. The minimum Gasteiger partial charge on any atom is -0.289 e. The molecule has 7 heteroatoms. The lowest BCUT2D eigenvalue weighted by atomic mass is 9.84. The summed E-state index contributed by atoms with van der Waals surface area (Å²) in [7, 11) is 0. The summed E-state index contributed by atoms with van der Waals surface area (Å²) >= 11 is 21.0. The van der Waals surface area contributed by atoms with E-state index < -0.39 is 0 Å². The van der Waals surface area contributed by atoms with Crippen LogP contribution in [0.15, 0.2) is 82.1 Å². The van der Waals surface area contributed by atoms with E-state index in [1.807, 2.05) is 42.5 Å². The van der Waals surface area contributed by atoms with Crippen molar-refractivity contribution in [2.24, 2.45) is 0 Å². The van der Waals surface area contributed by atoms with Crippen molar-refractivity contribution in [3.63, 3.8) is 0 Å². The van der Waals surface area contributed by atoms with Crippen LogP contribution >= 0.6 is 75.3 Å². The van der Waals surface area contributed by atoms with Crippen LogP contribution in [0.5, 0.6) is 0 Å². The fourth-order valence-corrected chi connectivity index (χ4v) is 8.71. The molecule has 176 valence electrons. The predicted molar refractivity (Wildman–Crippen MR) is 171 cm³/mol. The molecule has 0 unspecified atom stereocenters. The van der Waals surface area contributed by atoms with Gasteiger partial charge >= 0.3 is 0 Å². The van der Waals surface area contributed by atoms with Gasteiger partial charge in [-0.05, 0) is 90.7 Å². The van der Waals surface area contributed by atoms with Gasteiger partial charge in [0, 0.05) is 61.0 Å². The highest BCUT2D eigenvalue weighted by Crippen LogP contribution is 2.48. The van der Waals surface area contributed by atoms with Gasteiger partial charge in [0.25, 0.3) is 0 Å². The molecule has 0 N–H and O–H groups in total. The van der Waals surface area contributed by atoms with Crippen LogP contribution in [0.1, 0.15) is 0 Å². The normalized spacial score (nSPS) is 12.7. The number of halogens is 5. The molecule has 0 saturated heterocycles. The quantitative estimate of drug-likeness (QED) is 0.0877. The summed E-state index contributed by atoms with van der Waals surface area (Å²) in [4.78, 5) is 27.7. The fraction of sp³-hybridized carbons (Fsp3) is 0. The fourth-order valence-electron chi connectivity index (χ4n) is 6.18. The van der Waals surface area contributed by atoms with Crippen LogP contribution in [0.25, 0.3) is 75.4 Å². The summed E-state index contributed by atoms with van der Waals surface area (Å²) in [6, 6.07) is 17.9. The Hall–Kier alpha value is -2.09. The monoisotopic (exact) mass is 752 g/mol. The van der Waals surface area contributed by atoms with Crippen LogP contribution in [-0.4, -0.2) is 0 Å². The Morgan fingerprint density at radius 1 is 0.459 bits per heavy atom. The van der Waals surface area contributed by atoms with Crippen molar-refractivity contribution in [3.05, 3.63) is 98.0 Å². The lowest BCUT2D eigenvalue weighted by Crippen LogP contribution is -2.07. The number of benzene rings is 8. The standard InChI is InChI=1S/C30H9Br4ClO2/c31-16-5-6-17(32)26-24(16)14-7-10-2-4-13-23-15(25-18(33)9-19(35)28(34)27(25)30(13)37)8-11-1-3-12(29(26)36)22(14)20(11)21(10)23/h1-9H. The van der Waals surface area contributed by atoms with Gasteiger partial charge in [0.05, 0.1) is 5.02 Å². The highest BCUT2D eigenvalue weighted by molar-refractivity contribution is 9.11. The van der Waals surface area contributed by atoms with Crippen LogP contribution < -0.4 is 10.9 Å². The summed E-state index contributed by atoms with van der Waals surface area (Å²) in [6.45, 7) is 0. The SMILES string of the molecule is O=c1c2ccc3cc4c5c(Br)cc(Cl)c(Br)c5c(=O)c5ccc6cc(c7c(Br)ccc(Br)c17)c2c3c6c54. The third-order valence-electron chi connectivity index (χ3n) is 7.62. The molecule has 0 aliphatic heterocycles. The molecular weight excluding hydrogens is 747 g/mol. The molecule has 0 atom stereocenters. The summed E-state index contributed by atoms with van der Waals surface area (Å²) < 4.78 is 3.01. The maximum Gasteiger partial charge on any atom is 0.195 e. The first-order chi connectivity index (χ1) is 17.8. The smallest absolute Gasteiger partial charge is 0.195 e. The van der Waals surface area contributed by atoms with Gasteiger partial charge in [0.1, 0.15) is 0 Å². The Morgan fingerprint density at radius 2 is 0.946 bits per heavy atom. The van der Waals surface area contributed by atoms with Gasteiger partial charge < -0.3 is 0 Å². The minimum atomic E-state index is -0.0730. The maximum absolute atomic E-state index is 13.9. The first-order valence-corrected chi connectivity index (χ1v) is 14.9. The van der Waals surface area contributed by atoms with E-state index in [-0.39, 0.29) is 10.9 Å². The number of hydrogen-bond acceptors (Lipinski definition) is 2. The second-order valence-corrected chi connectivity index (χ2v) is 13.1. The zero-order valence-electron chi connectivity index (χ0n) is 18.4. The van der Waals surface area contributed by atoms with Gasteiger partial charge in [-0.25, -0.2) is 0 Å². The van der Waals surface area contributed by atoms with E-state index in [4.69, 9.17) is 11.6 Å². The van der Waals surface area contributed by atoms with E-state index in [1.165, 1.54) is 0 Å². The van der Waals surface area contributed by atoms with Crippen LogP contribution in [0.4, 0.5) is 0 Å². The summed E-state index contributed by atoms with van der Waals surface area (Å²) in [5.41, 5.74) is -0.0833. The van der Waals surface area contributed by atoms with Crippen molar-refractivity contribution < 1.29 is 0 Å². The van der Waals surface area contributed by atoms with Gasteiger partial charge in [0.2, 0.25) is 0 Å². The molecule has 0 bridgehead atoms. The van der Waals surface area contributed by atoms with Gasteiger partial charge in [-0.3, -0.25) is 9.59 Å². The summed E-state index contributed by atoms with van der Waals surface area (Å²) in [6.07, 6.45) is 0. The molecule has 0 aliphatic rings. The molecule has 0 aromatic heterocycles. The zero-order chi connectivity index (χ0) is 25.5. The lowest BCUT2D eigenvalue weighted by molar-refractivity contribution is 1.66. The van der Waals surface area contributed by atoms with Crippen molar-refractivity contribution >= 4 is 151 Å². The van der Waals surface area contributed by atoms with Crippen LogP contribution in [-0.2, 0) is 0 Å². The Balaban J connectivity index is 1.78. The molecule has 0 saturated carbocycles. The van der Waals surface area contributed by atoms with Crippen LogP contribution in [0, 0.1) is 0 Å². The molecule has 0 spiro atoms. The van der Waals surface area contributed by atoms with E-state index in [9.17, 15) is 9.59 Å². The minimum absolute atomic E-state index is 0.0103.